The number of para-hydroxylation sites is 2. The Morgan fingerprint density at radius 3 is 2.37 bits per heavy atom. The number of fused-ring (bicyclic) bond motifs is 3. The van der Waals surface area contributed by atoms with Crippen LogP contribution < -0.4 is 9.64 Å². The quantitative estimate of drug-likeness (QED) is 0.829. The molecule has 0 N–H and O–H groups in total. The molecule has 0 saturated carbocycles. The SMILES string of the molecule is O=C1COc2ccccc2N1CCN1C2CCC1CC(c1ccccc1)C2. The van der Waals surface area contributed by atoms with Crippen molar-refractivity contribution in [2.45, 2.75) is 43.7 Å². The summed E-state index contributed by atoms with van der Waals surface area (Å²) in [5, 5.41) is 0. The van der Waals surface area contributed by atoms with Crippen molar-refractivity contribution in [2.24, 2.45) is 0 Å². The van der Waals surface area contributed by atoms with Gasteiger partial charge in [-0.1, -0.05) is 42.5 Å². The number of nitrogens with zero attached hydrogens (tertiary/aromatic N) is 2. The van der Waals surface area contributed by atoms with Gasteiger partial charge in [-0.2, -0.15) is 0 Å². The lowest BCUT2D eigenvalue weighted by Crippen LogP contribution is -2.48. The zero-order valence-corrected chi connectivity index (χ0v) is 15.6. The van der Waals surface area contributed by atoms with Crippen LogP contribution >= 0.6 is 0 Å². The number of ether oxygens (including phenoxy) is 1. The number of carbonyl (C=O) groups excluding carboxylic acids is 1. The average molecular weight is 362 g/mol. The third kappa shape index (κ3) is 3.12. The highest BCUT2D eigenvalue weighted by atomic mass is 16.5. The molecule has 2 unspecified atom stereocenters. The maximum atomic E-state index is 12.4. The third-order valence-corrected chi connectivity index (χ3v) is 6.55. The lowest BCUT2D eigenvalue weighted by atomic mass is 9.85. The van der Waals surface area contributed by atoms with Crippen molar-refractivity contribution >= 4 is 11.6 Å². The van der Waals surface area contributed by atoms with Gasteiger partial charge in [-0.05, 0) is 49.3 Å². The standard InChI is InChI=1S/C23H26N2O2/c26-23-16-27-22-9-5-4-8-21(22)25(23)13-12-24-19-10-11-20(24)15-18(14-19)17-6-2-1-3-7-17/h1-9,18-20H,10-16H2. The fourth-order valence-corrected chi connectivity index (χ4v) is 5.25. The summed E-state index contributed by atoms with van der Waals surface area (Å²) in [4.78, 5) is 17.0. The lowest BCUT2D eigenvalue weighted by molar-refractivity contribution is -0.121. The van der Waals surface area contributed by atoms with Crippen molar-refractivity contribution in [2.75, 3.05) is 24.6 Å². The van der Waals surface area contributed by atoms with E-state index in [-0.39, 0.29) is 12.5 Å². The van der Waals surface area contributed by atoms with E-state index in [0.717, 1.165) is 24.5 Å². The van der Waals surface area contributed by atoms with Gasteiger partial charge in [0.15, 0.2) is 6.61 Å². The molecule has 2 atom stereocenters. The van der Waals surface area contributed by atoms with E-state index in [9.17, 15) is 4.79 Å². The first-order valence-electron chi connectivity index (χ1n) is 10.1. The first-order chi connectivity index (χ1) is 13.3. The molecule has 4 heteroatoms. The molecule has 3 heterocycles. The van der Waals surface area contributed by atoms with E-state index in [1.54, 1.807) is 0 Å². The Labute approximate surface area is 160 Å². The Kier molecular flexibility index (Phi) is 4.36. The molecule has 140 valence electrons. The van der Waals surface area contributed by atoms with Crippen molar-refractivity contribution < 1.29 is 9.53 Å². The predicted octanol–water partition coefficient (Wildman–Crippen LogP) is 3.82. The Morgan fingerprint density at radius 2 is 1.59 bits per heavy atom. The summed E-state index contributed by atoms with van der Waals surface area (Å²) in [6, 6.07) is 20.2. The number of anilines is 1. The van der Waals surface area contributed by atoms with Gasteiger partial charge >= 0.3 is 0 Å². The van der Waals surface area contributed by atoms with Crippen LogP contribution in [0.2, 0.25) is 0 Å². The molecule has 1 amide bonds. The summed E-state index contributed by atoms with van der Waals surface area (Å²) in [5.74, 6) is 1.58. The molecule has 5 rings (SSSR count). The monoisotopic (exact) mass is 362 g/mol. The molecule has 2 fully saturated rings. The van der Waals surface area contributed by atoms with Crippen molar-refractivity contribution in [1.29, 1.82) is 0 Å². The minimum absolute atomic E-state index is 0.0696. The normalized spacial score (nSPS) is 27.3. The Bertz CT molecular complexity index is 808. The highest BCUT2D eigenvalue weighted by Gasteiger charge is 2.41. The first-order valence-corrected chi connectivity index (χ1v) is 10.1. The molecule has 4 nitrogen and oxygen atoms in total. The van der Waals surface area contributed by atoms with E-state index < -0.39 is 0 Å². The molecule has 27 heavy (non-hydrogen) atoms. The molecule has 2 aromatic rings. The zero-order valence-electron chi connectivity index (χ0n) is 15.6. The minimum atomic E-state index is 0.0696. The summed E-state index contributed by atoms with van der Waals surface area (Å²) in [6.07, 6.45) is 5.08. The highest BCUT2D eigenvalue weighted by Crippen LogP contribution is 2.43. The van der Waals surface area contributed by atoms with Crippen LogP contribution in [-0.2, 0) is 4.79 Å². The maximum Gasteiger partial charge on any atom is 0.265 e. The molecule has 0 radical (unpaired) electrons. The number of hydrogen-bond acceptors (Lipinski definition) is 3. The van der Waals surface area contributed by atoms with Crippen LogP contribution in [0.15, 0.2) is 54.6 Å². The topological polar surface area (TPSA) is 32.8 Å². The highest BCUT2D eigenvalue weighted by molar-refractivity contribution is 5.97. The van der Waals surface area contributed by atoms with Gasteiger partial charge in [0.2, 0.25) is 0 Å². The maximum absolute atomic E-state index is 12.4. The minimum Gasteiger partial charge on any atom is -0.482 e. The van der Waals surface area contributed by atoms with E-state index in [1.165, 1.54) is 31.2 Å². The molecular weight excluding hydrogens is 336 g/mol. The Morgan fingerprint density at radius 1 is 0.889 bits per heavy atom. The summed E-state index contributed by atoms with van der Waals surface area (Å²) in [7, 11) is 0. The van der Waals surface area contributed by atoms with E-state index in [4.69, 9.17) is 4.74 Å². The van der Waals surface area contributed by atoms with Gasteiger partial charge in [-0.15, -0.1) is 0 Å². The van der Waals surface area contributed by atoms with Crippen molar-refractivity contribution in [1.82, 2.24) is 4.90 Å². The van der Waals surface area contributed by atoms with E-state index in [2.05, 4.69) is 35.2 Å². The molecule has 0 spiro atoms. The molecule has 3 aliphatic rings. The fourth-order valence-electron chi connectivity index (χ4n) is 5.25. The van der Waals surface area contributed by atoms with Crippen LogP contribution in [0.5, 0.6) is 5.75 Å². The first kappa shape index (κ1) is 16.8. The number of benzene rings is 2. The smallest absolute Gasteiger partial charge is 0.265 e. The Hall–Kier alpha value is -2.33. The van der Waals surface area contributed by atoms with Crippen LogP contribution in [0, 0.1) is 0 Å². The number of carbonyl (C=O) groups is 1. The van der Waals surface area contributed by atoms with Crippen LogP contribution in [-0.4, -0.2) is 42.6 Å². The third-order valence-electron chi connectivity index (χ3n) is 6.55. The fraction of sp³-hybridized carbons (Fsp3) is 0.435. The largest absolute Gasteiger partial charge is 0.482 e. The summed E-state index contributed by atoms with van der Waals surface area (Å²) in [5.41, 5.74) is 2.41. The van der Waals surface area contributed by atoms with Gasteiger partial charge < -0.3 is 9.64 Å². The van der Waals surface area contributed by atoms with Gasteiger partial charge in [0.25, 0.3) is 5.91 Å². The molecule has 2 aromatic carbocycles. The number of hydrogen-bond donors (Lipinski definition) is 0. The Balaban J connectivity index is 1.27. The molecule has 2 bridgehead atoms. The van der Waals surface area contributed by atoms with Crippen LogP contribution in [0.4, 0.5) is 5.69 Å². The predicted molar refractivity (Wildman–Crippen MR) is 106 cm³/mol. The number of amides is 1. The summed E-state index contributed by atoms with van der Waals surface area (Å²) >= 11 is 0. The zero-order chi connectivity index (χ0) is 18.2. The van der Waals surface area contributed by atoms with Gasteiger partial charge in [0.1, 0.15) is 5.75 Å². The van der Waals surface area contributed by atoms with Crippen LogP contribution in [0.3, 0.4) is 0 Å². The molecule has 0 aromatic heterocycles. The molecular formula is C23H26N2O2. The summed E-state index contributed by atoms with van der Waals surface area (Å²) in [6.45, 7) is 1.86. The van der Waals surface area contributed by atoms with Crippen molar-refractivity contribution in [3.8, 4) is 5.75 Å². The number of rotatable bonds is 4. The van der Waals surface area contributed by atoms with Crippen LogP contribution in [0.25, 0.3) is 0 Å². The van der Waals surface area contributed by atoms with Crippen LogP contribution in [0.1, 0.15) is 37.2 Å². The lowest BCUT2D eigenvalue weighted by Gasteiger charge is -2.40. The van der Waals surface area contributed by atoms with Gasteiger partial charge in [-0.25, -0.2) is 0 Å². The van der Waals surface area contributed by atoms with Crippen molar-refractivity contribution in [3.63, 3.8) is 0 Å². The van der Waals surface area contributed by atoms with Gasteiger partial charge in [0, 0.05) is 25.2 Å². The summed E-state index contributed by atoms with van der Waals surface area (Å²) < 4.78 is 5.57. The number of piperidine rings is 1. The van der Waals surface area contributed by atoms with E-state index in [1.807, 2.05) is 29.2 Å². The average Bonchev–Trinajstić information content (AvgIpc) is 2.95. The molecule has 0 aliphatic carbocycles. The second kappa shape index (κ2) is 7.01. The van der Waals surface area contributed by atoms with E-state index in [0.29, 0.717) is 18.0 Å². The molecule has 3 aliphatic heterocycles. The molecule has 2 saturated heterocycles. The van der Waals surface area contributed by atoms with Crippen molar-refractivity contribution in [3.05, 3.63) is 60.2 Å². The van der Waals surface area contributed by atoms with Gasteiger partial charge in [-0.3, -0.25) is 9.69 Å². The van der Waals surface area contributed by atoms with E-state index >= 15 is 0 Å². The second-order valence-corrected chi connectivity index (χ2v) is 8.00. The van der Waals surface area contributed by atoms with Gasteiger partial charge in [0.05, 0.1) is 5.69 Å². The second-order valence-electron chi connectivity index (χ2n) is 8.00.